The highest BCUT2D eigenvalue weighted by molar-refractivity contribution is 5.93. The number of halogens is 1. The molecule has 0 aromatic carbocycles. The number of nitrogens with zero attached hydrogens (tertiary/aromatic N) is 2. The molecule has 1 aliphatic rings. The molecule has 6 heteroatoms. The number of carbonyl (C=O) groups is 1. The Labute approximate surface area is 91.7 Å². The molecule has 1 unspecified atom stereocenters. The number of aromatic nitrogens is 1. The van der Waals surface area contributed by atoms with Crippen LogP contribution in [0.1, 0.15) is 16.8 Å². The second-order valence-electron chi connectivity index (χ2n) is 3.82. The Balaban J connectivity index is 2.36. The van der Waals surface area contributed by atoms with Crippen molar-refractivity contribution < 1.29 is 14.3 Å². The first-order valence-corrected chi connectivity index (χ1v) is 4.97. The molecule has 86 valence electrons. The van der Waals surface area contributed by atoms with Crippen LogP contribution in [0.25, 0.3) is 0 Å². The molecule has 0 saturated carbocycles. The van der Waals surface area contributed by atoms with Gasteiger partial charge in [0.05, 0.1) is 6.20 Å². The summed E-state index contributed by atoms with van der Waals surface area (Å²) in [4.78, 5) is 16.5. The first kappa shape index (κ1) is 10.8. The molecular formula is C10H12FN3O2. The van der Waals surface area contributed by atoms with Crippen LogP contribution in [-0.4, -0.2) is 35.2 Å². The number of carboxylic acid groups (broad SMARTS) is 1. The van der Waals surface area contributed by atoms with Gasteiger partial charge in [-0.15, -0.1) is 0 Å². The zero-order chi connectivity index (χ0) is 11.7. The number of nitrogens with two attached hydrogens (primary N) is 1. The van der Waals surface area contributed by atoms with Crippen LogP contribution in [0, 0.1) is 5.82 Å². The van der Waals surface area contributed by atoms with Crippen molar-refractivity contribution in [1.29, 1.82) is 0 Å². The second kappa shape index (κ2) is 4.05. The quantitative estimate of drug-likeness (QED) is 0.764. The summed E-state index contributed by atoms with van der Waals surface area (Å²) in [6, 6.07) is 1.00. The minimum absolute atomic E-state index is 0.0218. The van der Waals surface area contributed by atoms with E-state index in [4.69, 9.17) is 10.8 Å². The summed E-state index contributed by atoms with van der Waals surface area (Å²) < 4.78 is 12.9. The van der Waals surface area contributed by atoms with Gasteiger partial charge in [-0.05, 0) is 12.5 Å². The number of hydrogen-bond donors (Lipinski definition) is 2. The summed E-state index contributed by atoms with van der Waals surface area (Å²) in [5, 5.41) is 8.95. The summed E-state index contributed by atoms with van der Waals surface area (Å²) in [6.45, 7) is 1.21. The average Bonchev–Trinajstić information content (AvgIpc) is 2.64. The summed E-state index contributed by atoms with van der Waals surface area (Å²) in [5.74, 6) is -1.53. The SMILES string of the molecule is NC1CCN(c2ncc(F)cc2C(=O)O)C1. The van der Waals surface area contributed by atoms with Crippen LogP contribution >= 0.6 is 0 Å². The molecule has 0 radical (unpaired) electrons. The minimum atomic E-state index is -1.18. The Bertz CT molecular complexity index is 425. The number of pyridine rings is 1. The van der Waals surface area contributed by atoms with E-state index in [1.165, 1.54) is 0 Å². The van der Waals surface area contributed by atoms with E-state index in [1.54, 1.807) is 4.90 Å². The highest BCUT2D eigenvalue weighted by Crippen LogP contribution is 2.22. The third-order valence-corrected chi connectivity index (χ3v) is 2.59. The molecule has 1 aromatic heterocycles. The lowest BCUT2D eigenvalue weighted by atomic mass is 10.2. The first-order valence-electron chi connectivity index (χ1n) is 4.97. The number of rotatable bonds is 2. The van der Waals surface area contributed by atoms with Gasteiger partial charge < -0.3 is 15.7 Å². The Kier molecular flexibility index (Phi) is 2.74. The molecule has 2 heterocycles. The molecule has 2 rings (SSSR count). The number of carboxylic acids is 1. The van der Waals surface area contributed by atoms with Crippen LogP contribution < -0.4 is 10.6 Å². The fourth-order valence-electron chi connectivity index (χ4n) is 1.82. The van der Waals surface area contributed by atoms with E-state index in [9.17, 15) is 9.18 Å². The normalized spacial score (nSPS) is 20.1. The summed E-state index contributed by atoms with van der Waals surface area (Å²) in [6.07, 6.45) is 1.81. The highest BCUT2D eigenvalue weighted by atomic mass is 19.1. The molecule has 5 nitrogen and oxygen atoms in total. The Morgan fingerprint density at radius 1 is 1.69 bits per heavy atom. The molecule has 3 N–H and O–H groups in total. The number of hydrogen-bond acceptors (Lipinski definition) is 4. The van der Waals surface area contributed by atoms with Gasteiger partial charge in [-0.2, -0.15) is 0 Å². The van der Waals surface area contributed by atoms with E-state index < -0.39 is 11.8 Å². The summed E-state index contributed by atoms with van der Waals surface area (Å²) in [7, 11) is 0. The van der Waals surface area contributed by atoms with E-state index in [2.05, 4.69) is 4.98 Å². The first-order chi connectivity index (χ1) is 7.58. The van der Waals surface area contributed by atoms with Crippen LogP contribution in [0.3, 0.4) is 0 Å². The largest absolute Gasteiger partial charge is 0.478 e. The maximum Gasteiger partial charge on any atom is 0.339 e. The van der Waals surface area contributed by atoms with E-state index in [0.717, 1.165) is 18.7 Å². The minimum Gasteiger partial charge on any atom is -0.478 e. The van der Waals surface area contributed by atoms with Crippen molar-refractivity contribution in [2.75, 3.05) is 18.0 Å². The van der Waals surface area contributed by atoms with E-state index in [0.29, 0.717) is 18.9 Å². The Morgan fingerprint density at radius 2 is 2.44 bits per heavy atom. The van der Waals surface area contributed by atoms with Gasteiger partial charge >= 0.3 is 5.97 Å². The molecule has 16 heavy (non-hydrogen) atoms. The fourth-order valence-corrected chi connectivity index (χ4v) is 1.82. The number of anilines is 1. The molecule has 1 aromatic rings. The summed E-state index contributed by atoms with van der Waals surface area (Å²) in [5.41, 5.74) is 5.61. The van der Waals surface area contributed by atoms with Gasteiger partial charge in [0.2, 0.25) is 0 Å². The van der Waals surface area contributed by atoms with Crippen molar-refractivity contribution in [2.24, 2.45) is 5.73 Å². The lowest BCUT2D eigenvalue weighted by Crippen LogP contribution is -2.28. The molecule has 0 bridgehead atoms. The fraction of sp³-hybridized carbons (Fsp3) is 0.400. The van der Waals surface area contributed by atoms with E-state index in [1.807, 2.05) is 0 Å². The molecule has 1 aliphatic heterocycles. The lowest BCUT2D eigenvalue weighted by molar-refractivity contribution is 0.0696. The smallest absolute Gasteiger partial charge is 0.339 e. The molecular weight excluding hydrogens is 213 g/mol. The molecule has 1 atom stereocenters. The molecule has 0 aliphatic carbocycles. The molecule has 1 fully saturated rings. The van der Waals surface area contributed by atoms with Crippen LogP contribution in [0.2, 0.25) is 0 Å². The predicted molar refractivity (Wildman–Crippen MR) is 56.0 cm³/mol. The van der Waals surface area contributed by atoms with Crippen LogP contribution in [0.15, 0.2) is 12.3 Å². The van der Waals surface area contributed by atoms with Gasteiger partial charge in [0, 0.05) is 19.1 Å². The van der Waals surface area contributed by atoms with Crippen molar-refractivity contribution in [3.63, 3.8) is 0 Å². The van der Waals surface area contributed by atoms with Gasteiger partial charge in [0.25, 0.3) is 0 Å². The molecule has 0 amide bonds. The van der Waals surface area contributed by atoms with Crippen molar-refractivity contribution in [3.8, 4) is 0 Å². The maximum absolute atomic E-state index is 12.9. The lowest BCUT2D eigenvalue weighted by Gasteiger charge is -2.18. The van der Waals surface area contributed by atoms with E-state index in [-0.39, 0.29) is 11.6 Å². The van der Waals surface area contributed by atoms with Gasteiger partial charge in [0.15, 0.2) is 0 Å². The average molecular weight is 225 g/mol. The highest BCUT2D eigenvalue weighted by Gasteiger charge is 2.24. The van der Waals surface area contributed by atoms with E-state index >= 15 is 0 Å². The Hall–Kier alpha value is -1.69. The van der Waals surface area contributed by atoms with Gasteiger partial charge in [-0.3, -0.25) is 0 Å². The summed E-state index contributed by atoms with van der Waals surface area (Å²) >= 11 is 0. The maximum atomic E-state index is 12.9. The van der Waals surface area contributed by atoms with Crippen LogP contribution in [0.4, 0.5) is 10.2 Å². The third kappa shape index (κ3) is 1.96. The van der Waals surface area contributed by atoms with Gasteiger partial charge in [-0.1, -0.05) is 0 Å². The monoisotopic (exact) mass is 225 g/mol. The van der Waals surface area contributed by atoms with Crippen molar-refractivity contribution >= 4 is 11.8 Å². The zero-order valence-electron chi connectivity index (χ0n) is 8.56. The van der Waals surface area contributed by atoms with Crippen molar-refractivity contribution in [1.82, 2.24) is 4.98 Å². The topological polar surface area (TPSA) is 79.5 Å². The molecule has 1 saturated heterocycles. The van der Waals surface area contributed by atoms with Crippen LogP contribution in [-0.2, 0) is 0 Å². The van der Waals surface area contributed by atoms with Gasteiger partial charge in [0.1, 0.15) is 17.2 Å². The Morgan fingerprint density at radius 3 is 3.00 bits per heavy atom. The predicted octanol–water partition coefficient (Wildman–Crippen LogP) is 0.456. The van der Waals surface area contributed by atoms with Gasteiger partial charge in [-0.25, -0.2) is 14.2 Å². The van der Waals surface area contributed by atoms with Crippen molar-refractivity contribution in [3.05, 3.63) is 23.6 Å². The molecule has 0 spiro atoms. The number of aromatic carboxylic acids is 1. The second-order valence-corrected chi connectivity index (χ2v) is 3.82. The zero-order valence-corrected chi connectivity index (χ0v) is 8.56. The third-order valence-electron chi connectivity index (χ3n) is 2.59. The van der Waals surface area contributed by atoms with Crippen molar-refractivity contribution in [2.45, 2.75) is 12.5 Å². The standard InChI is InChI=1S/C10H12FN3O2/c11-6-3-8(10(15)16)9(13-4-6)14-2-1-7(12)5-14/h3-4,7H,1-2,5,12H2,(H,15,16). The van der Waals surface area contributed by atoms with Crippen LogP contribution in [0.5, 0.6) is 0 Å².